The van der Waals surface area contributed by atoms with Crippen molar-refractivity contribution >= 4 is 5.91 Å². The van der Waals surface area contributed by atoms with Crippen LogP contribution in [0, 0.1) is 6.92 Å². The van der Waals surface area contributed by atoms with Crippen molar-refractivity contribution in [3.8, 4) is 11.5 Å². The van der Waals surface area contributed by atoms with Gasteiger partial charge in [-0.05, 0) is 49.9 Å². The lowest BCUT2D eigenvalue weighted by atomic mass is 10.2. The predicted octanol–water partition coefficient (Wildman–Crippen LogP) is 2.39. The van der Waals surface area contributed by atoms with Gasteiger partial charge in [0.25, 0.3) is 5.91 Å². The molecule has 4 nitrogen and oxygen atoms in total. The van der Waals surface area contributed by atoms with Crippen LogP contribution in [0.25, 0.3) is 0 Å². The monoisotopic (exact) mass is 281 g/mol. The summed E-state index contributed by atoms with van der Waals surface area (Å²) >= 11 is 0. The first-order chi connectivity index (χ1) is 9.60. The van der Waals surface area contributed by atoms with Gasteiger partial charge in [0, 0.05) is 0 Å². The van der Waals surface area contributed by atoms with E-state index in [1.54, 1.807) is 25.3 Å². The van der Waals surface area contributed by atoms with E-state index < -0.39 is 6.17 Å². The van der Waals surface area contributed by atoms with Gasteiger partial charge in [-0.3, -0.25) is 4.79 Å². The molecule has 20 heavy (non-hydrogen) atoms. The van der Waals surface area contributed by atoms with Gasteiger partial charge < -0.3 is 14.8 Å². The molecular formula is C15H20FNO3. The Labute approximate surface area is 118 Å². The van der Waals surface area contributed by atoms with E-state index in [2.05, 4.69) is 5.32 Å². The van der Waals surface area contributed by atoms with Crippen LogP contribution >= 0.6 is 0 Å². The average Bonchev–Trinajstić information content (AvgIpc) is 2.82. The second kappa shape index (κ2) is 6.59. The van der Waals surface area contributed by atoms with E-state index in [0.29, 0.717) is 18.6 Å². The maximum atomic E-state index is 13.4. The van der Waals surface area contributed by atoms with E-state index in [0.717, 1.165) is 17.7 Å². The molecule has 0 saturated heterocycles. The van der Waals surface area contributed by atoms with Crippen LogP contribution in [0.15, 0.2) is 18.2 Å². The number of nitrogens with one attached hydrogen (secondary N) is 1. The molecule has 0 bridgehead atoms. The van der Waals surface area contributed by atoms with Crippen molar-refractivity contribution in [3.05, 3.63) is 23.8 Å². The zero-order valence-electron chi connectivity index (χ0n) is 11.8. The molecule has 5 heteroatoms. The number of methoxy groups -OCH3 is 1. The first-order valence-corrected chi connectivity index (χ1v) is 6.81. The molecule has 0 spiro atoms. The highest BCUT2D eigenvalue weighted by atomic mass is 19.1. The van der Waals surface area contributed by atoms with Crippen LogP contribution in [0.5, 0.6) is 11.5 Å². The van der Waals surface area contributed by atoms with Crippen molar-refractivity contribution < 1.29 is 18.7 Å². The lowest BCUT2D eigenvalue weighted by Crippen LogP contribution is -2.40. The van der Waals surface area contributed by atoms with Crippen molar-refractivity contribution in [2.75, 3.05) is 13.7 Å². The number of rotatable bonds is 5. The molecule has 0 aromatic heterocycles. The highest BCUT2D eigenvalue weighted by Gasteiger charge is 2.28. The molecular weight excluding hydrogens is 261 g/mol. The van der Waals surface area contributed by atoms with Gasteiger partial charge in [0.15, 0.2) is 6.61 Å². The zero-order chi connectivity index (χ0) is 14.5. The highest BCUT2D eigenvalue weighted by Crippen LogP contribution is 2.23. The van der Waals surface area contributed by atoms with Crippen molar-refractivity contribution in [2.24, 2.45) is 0 Å². The lowest BCUT2D eigenvalue weighted by molar-refractivity contribution is -0.124. The largest absolute Gasteiger partial charge is 0.496 e. The second-order valence-electron chi connectivity index (χ2n) is 5.04. The number of amides is 1. The van der Waals surface area contributed by atoms with Crippen LogP contribution in [0.1, 0.15) is 24.8 Å². The summed E-state index contributed by atoms with van der Waals surface area (Å²) in [7, 11) is 1.60. The average molecular weight is 281 g/mol. The number of hydrogen-bond acceptors (Lipinski definition) is 3. The Kier molecular flexibility index (Phi) is 4.82. The Morgan fingerprint density at radius 2 is 2.25 bits per heavy atom. The van der Waals surface area contributed by atoms with E-state index in [9.17, 15) is 9.18 Å². The van der Waals surface area contributed by atoms with Gasteiger partial charge in [-0.2, -0.15) is 0 Å². The van der Waals surface area contributed by atoms with Gasteiger partial charge in [0.05, 0.1) is 13.2 Å². The molecule has 1 aliphatic carbocycles. The summed E-state index contributed by atoms with van der Waals surface area (Å²) in [4.78, 5) is 11.7. The molecule has 1 aromatic carbocycles. The van der Waals surface area contributed by atoms with E-state index in [1.165, 1.54) is 0 Å². The zero-order valence-corrected chi connectivity index (χ0v) is 11.8. The maximum absolute atomic E-state index is 13.4. The Hall–Kier alpha value is -1.78. The third-order valence-corrected chi connectivity index (χ3v) is 3.51. The third-order valence-electron chi connectivity index (χ3n) is 3.51. The maximum Gasteiger partial charge on any atom is 0.258 e. The van der Waals surface area contributed by atoms with E-state index in [-0.39, 0.29) is 18.6 Å². The summed E-state index contributed by atoms with van der Waals surface area (Å²) in [6.45, 7) is 1.80. The Bertz CT molecular complexity index is 478. The molecule has 1 aromatic rings. The number of carbonyl (C=O) groups is 1. The minimum absolute atomic E-state index is 0.102. The van der Waals surface area contributed by atoms with E-state index in [1.807, 2.05) is 6.92 Å². The molecule has 1 fully saturated rings. The number of halogens is 1. The number of benzene rings is 1. The first kappa shape index (κ1) is 14.6. The molecule has 0 unspecified atom stereocenters. The van der Waals surface area contributed by atoms with Crippen molar-refractivity contribution in [1.82, 2.24) is 5.32 Å². The molecule has 0 heterocycles. The summed E-state index contributed by atoms with van der Waals surface area (Å²) in [6.07, 6.45) is 1.13. The highest BCUT2D eigenvalue weighted by molar-refractivity contribution is 5.78. The van der Waals surface area contributed by atoms with Crippen LogP contribution in [0.4, 0.5) is 4.39 Å². The number of carbonyl (C=O) groups excluding carboxylic acids is 1. The topological polar surface area (TPSA) is 47.6 Å². The standard InChI is InChI=1S/C15H20FNO3/c1-10-8-11(6-7-14(10)19-2)20-9-15(18)17-13-5-3-4-12(13)16/h6-8,12-13H,3-5,9H2,1-2H3,(H,17,18)/t12-,13+/m1/s1. The van der Waals surface area contributed by atoms with Gasteiger partial charge in [-0.25, -0.2) is 4.39 Å². The van der Waals surface area contributed by atoms with Crippen molar-refractivity contribution in [1.29, 1.82) is 0 Å². The van der Waals surface area contributed by atoms with Crippen LogP contribution in [0.3, 0.4) is 0 Å². The molecule has 0 aliphatic heterocycles. The van der Waals surface area contributed by atoms with Crippen LogP contribution < -0.4 is 14.8 Å². The minimum atomic E-state index is -0.929. The molecule has 2 rings (SSSR count). The summed E-state index contributed by atoms with van der Waals surface area (Å²) in [5, 5.41) is 2.67. The molecule has 1 saturated carbocycles. The SMILES string of the molecule is COc1ccc(OCC(=O)N[C@H]2CCC[C@H]2F)cc1C. The lowest BCUT2D eigenvalue weighted by Gasteiger charge is -2.15. The normalized spacial score (nSPS) is 21.6. The first-order valence-electron chi connectivity index (χ1n) is 6.81. The quantitative estimate of drug-likeness (QED) is 0.901. The van der Waals surface area contributed by atoms with E-state index in [4.69, 9.17) is 9.47 Å². The van der Waals surface area contributed by atoms with E-state index >= 15 is 0 Å². The Morgan fingerprint density at radius 1 is 1.45 bits per heavy atom. The fourth-order valence-corrected chi connectivity index (χ4v) is 2.42. The summed E-state index contributed by atoms with van der Waals surface area (Å²) in [5.74, 6) is 1.09. The molecule has 2 atom stereocenters. The third kappa shape index (κ3) is 3.62. The molecule has 1 amide bonds. The fourth-order valence-electron chi connectivity index (χ4n) is 2.42. The summed E-state index contributed by atoms with van der Waals surface area (Å²) < 4.78 is 23.9. The van der Waals surface area contributed by atoms with Crippen LogP contribution in [-0.4, -0.2) is 31.8 Å². The Morgan fingerprint density at radius 3 is 2.85 bits per heavy atom. The smallest absolute Gasteiger partial charge is 0.258 e. The van der Waals surface area contributed by atoms with Crippen LogP contribution in [0.2, 0.25) is 0 Å². The van der Waals surface area contributed by atoms with Crippen molar-refractivity contribution in [2.45, 2.75) is 38.4 Å². The van der Waals surface area contributed by atoms with Gasteiger partial charge in [-0.15, -0.1) is 0 Å². The van der Waals surface area contributed by atoms with Gasteiger partial charge in [0.2, 0.25) is 0 Å². The van der Waals surface area contributed by atoms with Gasteiger partial charge in [0.1, 0.15) is 17.7 Å². The van der Waals surface area contributed by atoms with Crippen molar-refractivity contribution in [3.63, 3.8) is 0 Å². The molecule has 1 aliphatic rings. The second-order valence-corrected chi connectivity index (χ2v) is 5.04. The molecule has 110 valence electrons. The number of ether oxygens (including phenoxy) is 2. The van der Waals surface area contributed by atoms with Gasteiger partial charge in [-0.1, -0.05) is 0 Å². The predicted molar refractivity (Wildman–Crippen MR) is 73.9 cm³/mol. The fraction of sp³-hybridized carbons (Fsp3) is 0.533. The molecule has 0 radical (unpaired) electrons. The Balaban J connectivity index is 1.82. The summed E-state index contributed by atoms with van der Waals surface area (Å²) in [5.41, 5.74) is 0.935. The minimum Gasteiger partial charge on any atom is -0.496 e. The summed E-state index contributed by atoms with van der Waals surface area (Å²) in [6, 6.07) is 4.98. The number of hydrogen-bond donors (Lipinski definition) is 1. The number of aryl methyl sites for hydroxylation is 1. The molecule has 1 N–H and O–H groups in total. The van der Waals surface area contributed by atoms with Gasteiger partial charge >= 0.3 is 0 Å². The van der Waals surface area contributed by atoms with Crippen LogP contribution in [-0.2, 0) is 4.79 Å². The number of alkyl halides is 1.